The van der Waals surface area contributed by atoms with Crippen LogP contribution in [0.1, 0.15) is 64.8 Å². The second-order valence-electron chi connectivity index (χ2n) is 8.22. The van der Waals surface area contributed by atoms with Crippen LogP contribution in [0.25, 0.3) is 0 Å². The topological polar surface area (TPSA) is 75.9 Å². The molecule has 1 aromatic carbocycles. The summed E-state index contributed by atoms with van der Waals surface area (Å²) in [4.78, 5) is 29.0. The van der Waals surface area contributed by atoms with Gasteiger partial charge in [0.1, 0.15) is 5.82 Å². The van der Waals surface area contributed by atoms with Crippen LogP contribution in [0.4, 0.5) is 4.39 Å². The minimum atomic E-state index is -0.757. The normalized spacial score (nSPS) is 26.5. The number of carbonyl (C=O) groups is 2. The zero-order chi connectivity index (χ0) is 19.8. The first-order chi connectivity index (χ1) is 13.5. The fourth-order valence-corrected chi connectivity index (χ4v) is 5.14. The Labute approximate surface area is 164 Å². The van der Waals surface area contributed by atoms with E-state index in [0.29, 0.717) is 24.3 Å². The van der Waals surface area contributed by atoms with Gasteiger partial charge in [-0.3, -0.25) is 9.59 Å². The first kappa shape index (κ1) is 19.3. The summed E-state index contributed by atoms with van der Waals surface area (Å²) in [6.07, 6.45) is 6.76. The highest BCUT2D eigenvalue weighted by atomic mass is 19.1. The molecule has 0 radical (unpaired) electrons. The molecule has 0 aromatic heterocycles. The van der Waals surface area contributed by atoms with Gasteiger partial charge in [-0.05, 0) is 56.2 Å². The summed E-state index contributed by atoms with van der Waals surface area (Å²) in [5.41, 5.74) is 6.22. The molecule has 0 unspecified atom stereocenters. The molecule has 3 aliphatic rings. The van der Waals surface area contributed by atoms with E-state index in [4.69, 9.17) is 10.5 Å². The van der Waals surface area contributed by atoms with Crippen molar-refractivity contribution in [1.29, 1.82) is 0 Å². The van der Waals surface area contributed by atoms with Gasteiger partial charge in [-0.25, -0.2) is 4.39 Å². The van der Waals surface area contributed by atoms with E-state index in [-0.39, 0.29) is 23.1 Å². The molecule has 1 aromatic rings. The lowest BCUT2D eigenvalue weighted by atomic mass is 9.90. The van der Waals surface area contributed by atoms with Crippen LogP contribution in [-0.2, 0) is 11.3 Å². The summed E-state index contributed by atoms with van der Waals surface area (Å²) in [7, 11) is 1.79. The molecule has 0 spiro atoms. The highest BCUT2D eigenvalue weighted by molar-refractivity contribution is 6.09. The minimum absolute atomic E-state index is 0.00478. The summed E-state index contributed by atoms with van der Waals surface area (Å²) < 4.78 is 19.3. The molecule has 7 heteroatoms. The molecule has 2 N–H and O–H groups in total. The van der Waals surface area contributed by atoms with E-state index < -0.39 is 11.7 Å². The third-order valence-corrected chi connectivity index (χ3v) is 6.70. The largest absolute Gasteiger partial charge is 0.381 e. The van der Waals surface area contributed by atoms with Gasteiger partial charge in [0.15, 0.2) is 0 Å². The van der Waals surface area contributed by atoms with E-state index in [0.717, 1.165) is 44.8 Å². The fraction of sp³-hybridized carbons (Fsp3) is 0.619. The molecule has 2 amide bonds. The van der Waals surface area contributed by atoms with Crippen LogP contribution in [0.15, 0.2) is 12.1 Å². The number of ether oxygens (including phenoxy) is 1. The van der Waals surface area contributed by atoms with Crippen molar-refractivity contribution in [2.75, 3.05) is 20.2 Å². The van der Waals surface area contributed by atoms with Crippen molar-refractivity contribution in [3.8, 4) is 0 Å². The van der Waals surface area contributed by atoms with E-state index in [9.17, 15) is 14.0 Å². The Hall–Kier alpha value is -1.99. The van der Waals surface area contributed by atoms with Crippen LogP contribution in [0.5, 0.6) is 0 Å². The molecule has 1 aliphatic carbocycles. The monoisotopic (exact) mass is 389 g/mol. The standard InChI is InChI=1S/C21H28FN3O3/c1-28-17-4-2-15(3-5-17)24-8-6-16(7-9-24)25-12-13-10-14(22)11-18(20(23)26)19(13)21(25)27/h10-11,15-17H,2-9,12H2,1H3,(H2,23,26). The highest BCUT2D eigenvalue weighted by Crippen LogP contribution is 2.33. The lowest BCUT2D eigenvalue weighted by Gasteiger charge is -2.42. The first-order valence-corrected chi connectivity index (χ1v) is 10.2. The number of fused-ring (bicyclic) bond motifs is 1. The van der Waals surface area contributed by atoms with Crippen LogP contribution in [0.3, 0.4) is 0 Å². The van der Waals surface area contributed by atoms with Crippen molar-refractivity contribution in [3.05, 3.63) is 34.6 Å². The molecule has 2 aliphatic heterocycles. The number of rotatable bonds is 4. The second-order valence-corrected chi connectivity index (χ2v) is 8.22. The molecular weight excluding hydrogens is 361 g/mol. The second kappa shape index (κ2) is 7.79. The Morgan fingerprint density at radius 1 is 1.11 bits per heavy atom. The highest BCUT2D eigenvalue weighted by Gasteiger charge is 2.38. The van der Waals surface area contributed by atoms with Crippen LogP contribution < -0.4 is 5.73 Å². The van der Waals surface area contributed by atoms with Crippen molar-refractivity contribution < 1.29 is 18.7 Å². The van der Waals surface area contributed by atoms with Crippen molar-refractivity contribution in [3.63, 3.8) is 0 Å². The molecule has 2 fully saturated rings. The number of hydrogen-bond donors (Lipinski definition) is 1. The molecular formula is C21H28FN3O3. The average Bonchev–Trinajstić information content (AvgIpc) is 3.03. The number of methoxy groups -OCH3 is 1. The van der Waals surface area contributed by atoms with Gasteiger partial charge in [-0.15, -0.1) is 0 Å². The third kappa shape index (κ3) is 3.53. The molecule has 28 heavy (non-hydrogen) atoms. The Bertz CT molecular complexity index is 768. The van der Waals surface area contributed by atoms with Crippen LogP contribution in [-0.4, -0.2) is 60.0 Å². The lowest BCUT2D eigenvalue weighted by molar-refractivity contribution is 0.0217. The van der Waals surface area contributed by atoms with Gasteiger partial charge < -0.3 is 20.3 Å². The molecule has 0 bridgehead atoms. The lowest BCUT2D eigenvalue weighted by Crippen LogP contribution is -2.49. The van der Waals surface area contributed by atoms with Crippen molar-refractivity contribution in [2.24, 2.45) is 5.73 Å². The van der Waals surface area contributed by atoms with Gasteiger partial charge in [0, 0.05) is 38.8 Å². The third-order valence-electron chi connectivity index (χ3n) is 6.70. The van der Waals surface area contributed by atoms with Crippen LogP contribution in [0, 0.1) is 5.82 Å². The van der Waals surface area contributed by atoms with E-state index in [1.807, 2.05) is 0 Å². The van der Waals surface area contributed by atoms with Crippen molar-refractivity contribution in [2.45, 2.75) is 63.3 Å². The van der Waals surface area contributed by atoms with Crippen LogP contribution >= 0.6 is 0 Å². The van der Waals surface area contributed by atoms with Crippen LogP contribution in [0.2, 0.25) is 0 Å². The van der Waals surface area contributed by atoms with E-state index in [2.05, 4.69) is 4.90 Å². The van der Waals surface area contributed by atoms with Gasteiger partial charge in [0.05, 0.1) is 17.2 Å². The Morgan fingerprint density at radius 2 is 1.79 bits per heavy atom. The Kier molecular flexibility index (Phi) is 5.38. The Morgan fingerprint density at radius 3 is 2.39 bits per heavy atom. The average molecular weight is 389 g/mol. The van der Waals surface area contributed by atoms with Crippen molar-refractivity contribution >= 4 is 11.8 Å². The van der Waals surface area contributed by atoms with E-state index in [1.165, 1.54) is 18.9 Å². The smallest absolute Gasteiger partial charge is 0.255 e. The molecule has 6 nitrogen and oxygen atoms in total. The number of hydrogen-bond acceptors (Lipinski definition) is 4. The number of benzene rings is 1. The molecule has 152 valence electrons. The molecule has 1 saturated heterocycles. The fourth-order valence-electron chi connectivity index (χ4n) is 5.14. The maximum absolute atomic E-state index is 13.8. The predicted molar refractivity (Wildman–Crippen MR) is 102 cm³/mol. The van der Waals surface area contributed by atoms with E-state index >= 15 is 0 Å². The summed E-state index contributed by atoms with van der Waals surface area (Å²) in [6, 6.07) is 3.15. The maximum atomic E-state index is 13.8. The van der Waals surface area contributed by atoms with Gasteiger partial charge in [-0.2, -0.15) is 0 Å². The summed E-state index contributed by atoms with van der Waals surface area (Å²) >= 11 is 0. The number of nitrogens with two attached hydrogens (primary N) is 1. The number of likely N-dealkylation sites (tertiary alicyclic amines) is 1. The predicted octanol–water partition coefficient (Wildman–Crippen LogP) is 2.30. The van der Waals surface area contributed by atoms with Gasteiger partial charge in [-0.1, -0.05) is 0 Å². The van der Waals surface area contributed by atoms with E-state index in [1.54, 1.807) is 12.0 Å². The zero-order valence-electron chi connectivity index (χ0n) is 16.3. The summed E-state index contributed by atoms with van der Waals surface area (Å²) in [6.45, 7) is 2.28. The number of piperidine rings is 1. The van der Waals surface area contributed by atoms with Gasteiger partial charge >= 0.3 is 0 Å². The zero-order valence-corrected chi connectivity index (χ0v) is 16.3. The first-order valence-electron chi connectivity index (χ1n) is 10.2. The summed E-state index contributed by atoms with van der Waals surface area (Å²) in [5.74, 6) is -1.47. The number of carbonyl (C=O) groups excluding carboxylic acids is 2. The number of primary amides is 1. The SMILES string of the molecule is COC1CCC(N2CCC(N3Cc4cc(F)cc(C(N)=O)c4C3=O)CC2)CC1. The summed E-state index contributed by atoms with van der Waals surface area (Å²) in [5, 5.41) is 0. The number of halogens is 1. The number of nitrogens with zero attached hydrogens (tertiary/aromatic N) is 2. The van der Waals surface area contributed by atoms with Crippen molar-refractivity contribution in [1.82, 2.24) is 9.80 Å². The maximum Gasteiger partial charge on any atom is 0.255 e. The molecule has 2 heterocycles. The van der Waals surface area contributed by atoms with Gasteiger partial charge in [0.25, 0.3) is 5.91 Å². The number of amides is 2. The molecule has 0 atom stereocenters. The van der Waals surface area contributed by atoms with Gasteiger partial charge in [0.2, 0.25) is 5.91 Å². The minimum Gasteiger partial charge on any atom is -0.381 e. The molecule has 1 saturated carbocycles. The quantitative estimate of drug-likeness (QED) is 0.857. The molecule has 4 rings (SSSR count). The Balaban J connectivity index is 1.40.